The minimum absolute atomic E-state index is 0.169. The van der Waals surface area contributed by atoms with Crippen LogP contribution in [0.25, 0.3) is 0 Å². The Hall–Kier alpha value is -1.92. The second kappa shape index (κ2) is 8.97. The van der Waals surface area contributed by atoms with Crippen LogP contribution >= 0.6 is 27.5 Å². The zero-order valence-corrected chi connectivity index (χ0v) is 15.8. The molecule has 132 valence electrons. The molecular formula is C18H16BrClFNO3. The van der Waals surface area contributed by atoms with E-state index in [4.69, 9.17) is 16.3 Å². The number of hydrogen-bond acceptors (Lipinski definition) is 3. The summed E-state index contributed by atoms with van der Waals surface area (Å²) < 4.78 is 20.2. The summed E-state index contributed by atoms with van der Waals surface area (Å²) in [5.41, 5.74) is 0.664. The van der Waals surface area contributed by atoms with Crippen LogP contribution in [0.3, 0.4) is 0 Å². The Labute approximate surface area is 158 Å². The van der Waals surface area contributed by atoms with Crippen LogP contribution in [0.1, 0.15) is 22.8 Å². The number of benzene rings is 2. The second-order valence-electron chi connectivity index (χ2n) is 5.33. The molecule has 25 heavy (non-hydrogen) atoms. The van der Waals surface area contributed by atoms with E-state index in [1.807, 2.05) is 0 Å². The molecule has 0 fully saturated rings. The van der Waals surface area contributed by atoms with Crippen LogP contribution in [-0.4, -0.2) is 24.8 Å². The van der Waals surface area contributed by atoms with E-state index in [-0.39, 0.29) is 23.9 Å². The smallest absolute Gasteiger partial charge is 0.216 e. The third-order valence-electron chi connectivity index (χ3n) is 3.40. The molecule has 0 unspecified atom stereocenters. The van der Waals surface area contributed by atoms with Gasteiger partial charge in [0.05, 0.1) is 4.47 Å². The van der Waals surface area contributed by atoms with Gasteiger partial charge in [-0.15, -0.1) is 0 Å². The van der Waals surface area contributed by atoms with Crippen LogP contribution in [0.15, 0.2) is 40.9 Å². The molecular weight excluding hydrogens is 413 g/mol. The topological polar surface area (TPSA) is 55.4 Å². The average molecular weight is 429 g/mol. The predicted octanol–water partition coefficient (Wildman–Crippen LogP) is 4.18. The van der Waals surface area contributed by atoms with Crippen molar-refractivity contribution in [2.45, 2.75) is 13.3 Å². The number of hydrogen-bond donors (Lipinski definition) is 1. The zero-order chi connectivity index (χ0) is 18.4. The van der Waals surface area contributed by atoms with Crippen molar-refractivity contribution >= 4 is 39.2 Å². The molecule has 0 aliphatic rings. The molecule has 0 saturated heterocycles. The van der Waals surface area contributed by atoms with Gasteiger partial charge >= 0.3 is 0 Å². The molecule has 2 aromatic rings. The molecule has 0 atom stereocenters. The Balaban J connectivity index is 1.97. The Bertz CT molecular complexity index is 798. The summed E-state index contributed by atoms with van der Waals surface area (Å²) in [4.78, 5) is 23.0. The van der Waals surface area contributed by atoms with E-state index in [0.717, 1.165) is 0 Å². The molecule has 4 nitrogen and oxygen atoms in total. The first kappa shape index (κ1) is 19.4. The Morgan fingerprint density at radius 2 is 2.00 bits per heavy atom. The number of rotatable bonds is 7. The van der Waals surface area contributed by atoms with Gasteiger partial charge in [0.25, 0.3) is 0 Å². The van der Waals surface area contributed by atoms with Crippen LogP contribution in [0, 0.1) is 5.82 Å². The van der Waals surface area contributed by atoms with E-state index in [2.05, 4.69) is 21.2 Å². The van der Waals surface area contributed by atoms with Crippen molar-refractivity contribution in [1.29, 1.82) is 0 Å². The minimum atomic E-state index is -0.483. The van der Waals surface area contributed by atoms with Crippen molar-refractivity contribution < 1.29 is 18.7 Å². The van der Waals surface area contributed by atoms with E-state index in [1.165, 1.54) is 13.0 Å². The first-order valence-corrected chi connectivity index (χ1v) is 8.68. The highest BCUT2D eigenvalue weighted by Crippen LogP contribution is 2.28. The number of amides is 1. The maximum Gasteiger partial charge on any atom is 0.216 e. The lowest BCUT2D eigenvalue weighted by molar-refractivity contribution is -0.118. The lowest BCUT2D eigenvalue weighted by atomic mass is 10.1. The van der Waals surface area contributed by atoms with Crippen molar-refractivity contribution in [2.75, 3.05) is 13.2 Å². The van der Waals surface area contributed by atoms with Crippen molar-refractivity contribution in [3.05, 3.63) is 62.8 Å². The molecule has 0 bridgehead atoms. The van der Waals surface area contributed by atoms with Crippen molar-refractivity contribution in [1.82, 2.24) is 5.32 Å². The quantitative estimate of drug-likeness (QED) is 0.673. The molecule has 2 rings (SSSR count). The first-order chi connectivity index (χ1) is 11.9. The SMILES string of the molecule is CC(=O)NCCc1ccc(C(=O)COc2ccc(Cl)cc2Br)cc1F. The van der Waals surface area contributed by atoms with Crippen LogP contribution < -0.4 is 10.1 Å². The standard InChI is InChI=1S/C18H16BrClFNO3/c1-11(23)22-7-6-12-2-3-13(8-16(12)21)17(24)10-25-18-5-4-14(20)9-15(18)19/h2-5,8-9H,6-7,10H2,1H3,(H,22,23). The van der Waals surface area contributed by atoms with Gasteiger partial charge in [-0.1, -0.05) is 23.7 Å². The highest BCUT2D eigenvalue weighted by molar-refractivity contribution is 9.10. The van der Waals surface area contributed by atoms with Gasteiger partial charge in [0.15, 0.2) is 12.4 Å². The molecule has 0 saturated carbocycles. The van der Waals surface area contributed by atoms with Gasteiger partial charge in [-0.25, -0.2) is 4.39 Å². The van der Waals surface area contributed by atoms with E-state index < -0.39 is 5.82 Å². The molecule has 0 heterocycles. The monoisotopic (exact) mass is 427 g/mol. The van der Waals surface area contributed by atoms with Crippen LogP contribution in [0.5, 0.6) is 5.75 Å². The van der Waals surface area contributed by atoms with Crippen LogP contribution in [0.4, 0.5) is 4.39 Å². The van der Waals surface area contributed by atoms with Gasteiger partial charge in [0.1, 0.15) is 11.6 Å². The number of carbonyl (C=O) groups is 2. The maximum absolute atomic E-state index is 14.1. The number of Topliss-reactive ketones (excluding diaryl/α,β-unsaturated/α-hetero) is 1. The van der Waals surface area contributed by atoms with Gasteiger partial charge < -0.3 is 10.1 Å². The molecule has 1 N–H and O–H groups in total. The summed E-state index contributed by atoms with van der Waals surface area (Å²) in [7, 11) is 0. The molecule has 7 heteroatoms. The van der Waals surface area contributed by atoms with Crippen molar-refractivity contribution in [3.8, 4) is 5.75 Å². The van der Waals surface area contributed by atoms with Gasteiger partial charge in [-0.2, -0.15) is 0 Å². The molecule has 0 spiro atoms. The molecule has 0 aliphatic heterocycles. The number of ether oxygens (including phenoxy) is 1. The summed E-state index contributed by atoms with van der Waals surface area (Å²) in [5, 5.41) is 3.14. The first-order valence-electron chi connectivity index (χ1n) is 7.50. The summed E-state index contributed by atoms with van der Waals surface area (Å²) in [6, 6.07) is 9.23. The Morgan fingerprint density at radius 3 is 2.64 bits per heavy atom. The Morgan fingerprint density at radius 1 is 1.24 bits per heavy atom. The summed E-state index contributed by atoms with van der Waals surface area (Å²) in [5.74, 6) is -0.513. The summed E-state index contributed by atoms with van der Waals surface area (Å²) in [6.45, 7) is 1.52. The van der Waals surface area contributed by atoms with E-state index in [0.29, 0.717) is 33.8 Å². The van der Waals surface area contributed by atoms with Crippen molar-refractivity contribution in [3.63, 3.8) is 0 Å². The van der Waals surface area contributed by atoms with Gasteiger partial charge in [0.2, 0.25) is 5.91 Å². The average Bonchev–Trinajstić information content (AvgIpc) is 2.55. The number of nitrogens with one attached hydrogen (secondary N) is 1. The fraction of sp³-hybridized carbons (Fsp3) is 0.222. The maximum atomic E-state index is 14.1. The molecule has 0 aliphatic carbocycles. The fourth-order valence-corrected chi connectivity index (χ4v) is 2.91. The number of carbonyl (C=O) groups excluding carboxylic acids is 2. The third-order valence-corrected chi connectivity index (χ3v) is 4.25. The summed E-state index contributed by atoms with van der Waals surface area (Å²) >= 11 is 9.14. The highest BCUT2D eigenvalue weighted by Gasteiger charge is 2.12. The van der Waals surface area contributed by atoms with Crippen LogP contribution in [-0.2, 0) is 11.2 Å². The molecule has 0 radical (unpaired) electrons. The number of halogens is 3. The van der Waals surface area contributed by atoms with Crippen LogP contribution in [0.2, 0.25) is 5.02 Å². The van der Waals surface area contributed by atoms with Gasteiger partial charge in [-0.05, 0) is 52.2 Å². The van der Waals surface area contributed by atoms with Gasteiger partial charge in [-0.3, -0.25) is 9.59 Å². The summed E-state index contributed by atoms with van der Waals surface area (Å²) in [6.07, 6.45) is 0.355. The lowest BCUT2D eigenvalue weighted by Crippen LogP contribution is -2.22. The third kappa shape index (κ3) is 5.83. The molecule has 2 aromatic carbocycles. The lowest BCUT2D eigenvalue weighted by Gasteiger charge is -2.09. The second-order valence-corrected chi connectivity index (χ2v) is 6.62. The molecule has 0 aromatic heterocycles. The molecule has 1 amide bonds. The number of ketones is 1. The minimum Gasteiger partial charge on any atom is -0.484 e. The normalized spacial score (nSPS) is 10.4. The van der Waals surface area contributed by atoms with Gasteiger partial charge in [0, 0.05) is 24.1 Å². The Kier molecular flexibility index (Phi) is 6.96. The van der Waals surface area contributed by atoms with Crippen molar-refractivity contribution in [2.24, 2.45) is 0 Å². The van der Waals surface area contributed by atoms with E-state index in [9.17, 15) is 14.0 Å². The van der Waals surface area contributed by atoms with E-state index >= 15 is 0 Å². The predicted molar refractivity (Wildman–Crippen MR) is 97.8 cm³/mol. The zero-order valence-electron chi connectivity index (χ0n) is 13.4. The fourth-order valence-electron chi connectivity index (χ4n) is 2.12. The van der Waals surface area contributed by atoms with E-state index in [1.54, 1.807) is 30.3 Å². The largest absolute Gasteiger partial charge is 0.484 e. The highest BCUT2D eigenvalue weighted by atomic mass is 79.9.